The van der Waals surface area contributed by atoms with E-state index in [1.165, 1.54) is 5.56 Å². The molecule has 1 unspecified atom stereocenters. The standard InChI is InChI=1S/C86H23N5O2/c1-17-88-23-6-4-3-5-22(23)84(93)91(17)21-13-11-20(12-14-21)83(92)89-87-15-18-7-9-19(10-8-18)82-86-80-74-68-58-46-38-30-26-24-25-28-32(30)40(46)50-44-36(28)37-29(25)33-31-27(24)35-34(26)42-48(38)56-62-52(42)53-43(35)49-39(31)47-41(33)51-45(37)55-54(44)66(60(50)68)76(80)77-67(55)61(51)69-59(47)65-57(49)63(53)71-70(62)78(72(74)64(56)58)85(86,16-90(82)2)79(71)73(65)75(69)81(77)86/h3-15,82H,16H2,1-2H3,(H,89,92)/b87-15+. The van der Waals surface area contributed by atoms with Crippen molar-refractivity contribution in [3.63, 3.8) is 0 Å². The van der Waals surface area contributed by atoms with E-state index in [1.807, 2.05) is 25.1 Å². The van der Waals surface area contributed by atoms with Crippen molar-refractivity contribution in [2.45, 2.75) is 23.8 Å². The van der Waals surface area contributed by atoms with Crippen molar-refractivity contribution >= 4 is 314 Å². The van der Waals surface area contributed by atoms with Crippen LogP contribution >= 0.6 is 0 Å². The van der Waals surface area contributed by atoms with Crippen LogP contribution in [0.4, 0.5) is 0 Å². The number of nitrogens with zero attached hydrogens (tertiary/aromatic N) is 4. The Labute approximate surface area is 511 Å². The van der Waals surface area contributed by atoms with Gasteiger partial charge in [-0.3, -0.25) is 19.1 Å². The fraction of sp³-hybridized carbons (Fsp3) is 0.0698. The molecule has 1 aromatic heterocycles. The summed E-state index contributed by atoms with van der Waals surface area (Å²) in [7, 11) is 2.52. The number of amides is 1. The quantitative estimate of drug-likeness (QED) is 0.106. The minimum absolute atomic E-state index is 0.00643. The second-order valence-electron chi connectivity index (χ2n) is 31.5. The third kappa shape index (κ3) is 2.53. The molecule has 4 aliphatic carbocycles. The Hall–Kier alpha value is -11.6. The number of hydrogen-bond donors (Lipinski definition) is 1. The molecule has 2 heterocycles. The zero-order chi connectivity index (χ0) is 57.4. The highest BCUT2D eigenvalue weighted by molar-refractivity contribution is 6.82. The first-order valence-corrected chi connectivity index (χ1v) is 33.5. The van der Waals surface area contributed by atoms with Crippen LogP contribution in [0.2, 0.25) is 0 Å². The number of benzene rings is 21. The first-order chi connectivity index (χ1) is 46.0. The van der Waals surface area contributed by atoms with Gasteiger partial charge in [-0.15, -0.1) is 0 Å². The van der Waals surface area contributed by atoms with Crippen molar-refractivity contribution in [3.05, 3.63) is 128 Å². The molecule has 7 heteroatoms. The number of hydrogen-bond acceptors (Lipinski definition) is 5. The molecule has 5 aliphatic rings. The maximum atomic E-state index is 13.8. The van der Waals surface area contributed by atoms with Gasteiger partial charge in [-0.05, 0) is 375 Å². The number of aryl methyl sites for hydroxylation is 1. The maximum Gasteiger partial charge on any atom is 0.271 e. The number of fused-ring (bicyclic) bond motifs is 1. The van der Waals surface area contributed by atoms with E-state index in [0.717, 1.165) is 12.1 Å². The Morgan fingerprint density at radius 1 is 0.430 bits per heavy atom. The largest absolute Gasteiger partial charge is 0.297 e. The van der Waals surface area contributed by atoms with Crippen molar-refractivity contribution in [1.29, 1.82) is 0 Å². The van der Waals surface area contributed by atoms with E-state index >= 15 is 0 Å². The number of nitrogens with one attached hydrogen (secondary N) is 1. The van der Waals surface area contributed by atoms with Crippen LogP contribution in [0.25, 0.3) is 307 Å². The lowest BCUT2D eigenvalue weighted by Crippen LogP contribution is -2.51. The van der Waals surface area contributed by atoms with Gasteiger partial charge in [-0.1, -0.05) is 36.4 Å². The zero-order valence-electron chi connectivity index (χ0n) is 48.4. The minimum atomic E-state index is -0.455. The van der Waals surface area contributed by atoms with Crippen LogP contribution in [0.1, 0.15) is 55.6 Å². The van der Waals surface area contributed by atoms with Crippen molar-refractivity contribution in [3.8, 4) is 5.69 Å². The van der Waals surface area contributed by atoms with E-state index < -0.39 is 5.41 Å². The lowest BCUT2D eigenvalue weighted by atomic mass is 9.47. The van der Waals surface area contributed by atoms with Crippen LogP contribution in [0.15, 0.2) is 82.7 Å². The molecule has 0 bridgehead atoms. The summed E-state index contributed by atoms with van der Waals surface area (Å²) in [5.41, 5.74) is 12.7. The Morgan fingerprint density at radius 2 is 0.753 bits per heavy atom. The van der Waals surface area contributed by atoms with Crippen LogP contribution in [0, 0.1) is 6.92 Å². The molecule has 404 valence electrons. The summed E-state index contributed by atoms with van der Waals surface area (Å²) in [5, 5.41) is 92.8. The van der Waals surface area contributed by atoms with Gasteiger partial charge in [0.2, 0.25) is 0 Å². The molecule has 1 atom stereocenters. The number of carbonyl (C=O) groups is 1. The second kappa shape index (κ2) is 9.79. The minimum Gasteiger partial charge on any atom is -0.297 e. The Bertz CT molecular complexity index is 8890. The van der Waals surface area contributed by atoms with Gasteiger partial charge in [-0.25, -0.2) is 10.4 Å². The molecule has 1 amide bonds. The van der Waals surface area contributed by atoms with Gasteiger partial charge in [0.05, 0.1) is 33.6 Å². The summed E-state index contributed by atoms with van der Waals surface area (Å²) in [4.78, 5) is 35.1. The lowest BCUT2D eigenvalue weighted by molar-refractivity contribution is 0.0955. The Morgan fingerprint density at radius 3 is 1.11 bits per heavy atom. The number of aromatic nitrogens is 2. The van der Waals surface area contributed by atoms with Crippen LogP contribution in [-0.4, -0.2) is 40.2 Å². The van der Waals surface area contributed by atoms with Crippen LogP contribution in [0.3, 0.4) is 0 Å². The first kappa shape index (κ1) is 38.8. The highest BCUT2D eigenvalue weighted by Gasteiger charge is 2.76. The van der Waals surface area contributed by atoms with E-state index in [1.54, 1.807) is 354 Å². The number of rotatable bonds is 5. The van der Waals surface area contributed by atoms with Gasteiger partial charge in [0.1, 0.15) is 5.82 Å². The van der Waals surface area contributed by atoms with Gasteiger partial charge >= 0.3 is 0 Å². The Balaban J connectivity index is 0.709. The third-order valence-electron chi connectivity index (χ3n) is 29.9. The number of likely N-dealkylation sites (tertiary alicyclic amines) is 1. The van der Waals surface area contributed by atoms with Crippen LogP contribution < -0.4 is 11.0 Å². The lowest BCUT2D eigenvalue weighted by Gasteiger charge is -2.52. The molecule has 93 heavy (non-hydrogen) atoms. The number of carbonyl (C=O) groups excluding carboxylic acids is 1. The van der Waals surface area contributed by atoms with Gasteiger partial charge in [0.25, 0.3) is 11.5 Å². The normalized spacial score (nSPS) is 20.9. The molecular formula is C86H23N5O2. The van der Waals surface area contributed by atoms with Crippen LogP contribution in [0.5, 0.6) is 0 Å². The molecular weight excluding hydrogens is 1130 g/mol. The fourth-order valence-corrected chi connectivity index (χ4v) is 28.9. The van der Waals surface area contributed by atoms with Crippen molar-refractivity contribution < 1.29 is 4.79 Å². The van der Waals surface area contributed by atoms with Crippen LogP contribution in [-0.2, 0) is 10.8 Å². The van der Waals surface area contributed by atoms with E-state index in [4.69, 9.17) is 4.98 Å². The smallest absolute Gasteiger partial charge is 0.271 e. The molecule has 0 saturated carbocycles. The maximum absolute atomic E-state index is 13.8. The van der Waals surface area contributed by atoms with Gasteiger partial charge in [-0.2, -0.15) is 5.10 Å². The highest BCUT2D eigenvalue weighted by atomic mass is 16.2. The average Bonchev–Trinajstić information content (AvgIpc) is 1.38. The molecule has 7 nitrogen and oxygen atoms in total. The summed E-state index contributed by atoms with van der Waals surface area (Å²) in [6, 6.07) is 23.9. The SMILES string of the molecule is Cc1nc2ccccc2c(=O)n1-c1ccc(C(=O)N/N=C/c2ccc(C3N(C)CC45c6c7c8c9c%10c%11c(c%12c%13c4c4c6c6c%14c7c7c8c8c%10c%10c%15c%11c%11c%12c%12c%13c%13c4c4c6c6c%14c%14c7c7c8c%10c8c%10c%15c%11c%11c%12c%12c%13c4c4c6c6c%14c7c8c7c%10c%11c%12c4c67)C935)cc2)cc1. The zero-order valence-corrected chi connectivity index (χ0v) is 48.4. The second-order valence-corrected chi connectivity index (χ2v) is 31.5. The predicted molar refractivity (Wildman–Crippen MR) is 383 cm³/mol. The number of para-hydroxylation sites is 1. The first-order valence-electron chi connectivity index (χ1n) is 33.5. The van der Waals surface area contributed by atoms with Gasteiger partial charge in [0, 0.05) is 18.2 Å². The monoisotopic (exact) mass is 1160 g/mol. The molecule has 1 fully saturated rings. The fourth-order valence-electron chi connectivity index (χ4n) is 28.9. The topological polar surface area (TPSA) is 79.6 Å². The predicted octanol–water partition coefficient (Wildman–Crippen LogP) is 19.8. The van der Waals surface area contributed by atoms with E-state index in [0.29, 0.717) is 28.0 Å². The van der Waals surface area contributed by atoms with Crippen molar-refractivity contribution in [2.75, 3.05) is 13.6 Å². The molecule has 31 aromatic carbocycles. The summed E-state index contributed by atoms with van der Waals surface area (Å²) in [6.45, 7) is 2.78. The molecule has 1 aliphatic heterocycles. The Kier molecular flexibility index (Phi) is 4.09. The molecule has 1 N–H and O–H groups in total. The molecule has 32 aromatic rings. The summed E-state index contributed by atoms with van der Waals surface area (Å²) >= 11 is 0. The third-order valence-corrected chi connectivity index (χ3v) is 29.9. The molecule has 1 saturated heterocycles. The van der Waals surface area contributed by atoms with Crippen molar-refractivity contribution in [1.82, 2.24) is 19.9 Å². The molecule has 37 rings (SSSR count). The van der Waals surface area contributed by atoms with Gasteiger partial charge < -0.3 is 0 Å². The van der Waals surface area contributed by atoms with E-state index in [2.05, 4.69) is 46.7 Å². The van der Waals surface area contributed by atoms with Gasteiger partial charge in [0.15, 0.2) is 0 Å². The van der Waals surface area contributed by atoms with E-state index in [-0.39, 0.29) is 22.9 Å². The number of hydrazone groups is 1. The van der Waals surface area contributed by atoms with E-state index in [9.17, 15) is 9.59 Å². The number of likely N-dealkylation sites (N-methyl/N-ethyl adjacent to an activating group) is 1. The summed E-state index contributed by atoms with van der Waals surface area (Å²) in [5.74, 6) is 0.269. The molecule has 0 radical (unpaired) electrons. The highest BCUT2D eigenvalue weighted by Crippen LogP contribution is 2.87. The summed E-state index contributed by atoms with van der Waals surface area (Å²) in [6.07, 6.45) is 1.80. The summed E-state index contributed by atoms with van der Waals surface area (Å²) < 4.78 is 1.60. The molecule has 2 spiro atoms. The average molecular weight is 1160 g/mol. The van der Waals surface area contributed by atoms with Crippen molar-refractivity contribution in [2.24, 2.45) is 5.10 Å².